The Balaban J connectivity index is 1.34. The van der Waals surface area contributed by atoms with Gasteiger partial charge < -0.3 is 9.64 Å². The van der Waals surface area contributed by atoms with E-state index < -0.39 is 0 Å². The number of pyridine rings is 1. The van der Waals surface area contributed by atoms with Gasteiger partial charge in [-0.2, -0.15) is 5.10 Å². The minimum atomic E-state index is 0.0613. The maximum Gasteiger partial charge on any atom is 0.274 e. The molecule has 3 aliphatic rings. The third-order valence-corrected chi connectivity index (χ3v) is 7.82. The van der Waals surface area contributed by atoms with Crippen LogP contribution < -0.4 is 4.74 Å². The van der Waals surface area contributed by atoms with Crippen LogP contribution >= 0.6 is 11.3 Å². The Morgan fingerprint density at radius 1 is 1.16 bits per heavy atom. The van der Waals surface area contributed by atoms with Crippen molar-refractivity contribution in [3.63, 3.8) is 0 Å². The summed E-state index contributed by atoms with van der Waals surface area (Å²) in [6, 6.07) is 5.93. The maximum atomic E-state index is 13.6. The van der Waals surface area contributed by atoms with Crippen molar-refractivity contribution < 1.29 is 9.53 Å². The lowest BCUT2D eigenvalue weighted by Gasteiger charge is -2.34. The van der Waals surface area contributed by atoms with Crippen molar-refractivity contribution in [1.82, 2.24) is 24.6 Å². The van der Waals surface area contributed by atoms with E-state index in [4.69, 9.17) is 9.84 Å². The predicted octanol–water partition coefficient (Wildman–Crippen LogP) is 3.27. The van der Waals surface area contributed by atoms with Gasteiger partial charge in [0.05, 0.1) is 24.7 Å². The molecule has 2 aliphatic carbocycles. The van der Waals surface area contributed by atoms with Crippen LogP contribution in [0.15, 0.2) is 29.8 Å². The van der Waals surface area contributed by atoms with Crippen molar-refractivity contribution in [2.45, 2.75) is 25.7 Å². The minimum Gasteiger partial charge on any atom is -0.481 e. The van der Waals surface area contributed by atoms with Gasteiger partial charge in [-0.05, 0) is 49.1 Å². The zero-order valence-corrected chi connectivity index (χ0v) is 19.1. The zero-order valence-electron chi connectivity index (χ0n) is 18.3. The van der Waals surface area contributed by atoms with Crippen LogP contribution in [0.5, 0.6) is 5.88 Å². The van der Waals surface area contributed by atoms with Gasteiger partial charge in [-0.3, -0.25) is 9.69 Å². The average molecular weight is 450 g/mol. The van der Waals surface area contributed by atoms with Gasteiger partial charge in [-0.25, -0.2) is 9.67 Å². The fourth-order valence-corrected chi connectivity index (χ4v) is 5.75. The SMILES string of the molecule is COc1ccc(-n2nc(C(=O)N3CCN(CC4CC4)CC3)c3c2-c2ccsc2CC3)cn1. The molecule has 0 atom stereocenters. The van der Waals surface area contributed by atoms with E-state index in [9.17, 15) is 4.79 Å². The average Bonchev–Trinajstić information content (AvgIpc) is 3.37. The molecule has 7 nitrogen and oxygen atoms in total. The molecule has 0 aromatic carbocycles. The Labute approximate surface area is 191 Å². The minimum absolute atomic E-state index is 0.0613. The van der Waals surface area contributed by atoms with Crippen molar-refractivity contribution in [2.24, 2.45) is 5.92 Å². The Bertz CT molecular complexity index is 1140. The smallest absolute Gasteiger partial charge is 0.274 e. The molecule has 1 aliphatic heterocycles. The molecule has 2 fully saturated rings. The molecule has 1 saturated carbocycles. The van der Waals surface area contributed by atoms with Crippen LogP contribution in [0, 0.1) is 5.92 Å². The van der Waals surface area contributed by atoms with Crippen LogP contribution in [0.25, 0.3) is 16.9 Å². The number of nitrogens with zero attached hydrogens (tertiary/aromatic N) is 5. The molecule has 4 heterocycles. The summed E-state index contributed by atoms with van der Waals surface area (Å²) < 4.78 is 7.12. The second-order valence-corrected chi connectivity index (χ2v) is 9.94. The molecule has 0 unspecified atom stereocenters. The molecule has 1 amide bonds. The van der Waals surface area contributed by atoms with Gasteiger partial charge in [0.1, 0.15) is 0 Å². The summed E-state index contributed by atoms with van der Waals surface area (Å²) in [5, 5.41) is 7.01. The maximum absolute atomic E-state index is 13.6. The van der Waals surface area contributed by atoms with E-state index in [2.05, 4.69) is 21.3 Å². The van der Waals surface area contributed by atoms with Crippen molar-refractivity contribution >= 4 is 17.2 Å². The molecule has 0 N–H and O–H groups in total. The number of hydrogen-bond acceptors (Lipinski definition) is 6. The predicted molar refractivity (Wildman–Crippen MR) is 124 cm³/mol. The number of fused-ring (bicyclic) bond motifs is 3. The van der Waals surface area contributed by atoms with E-state index in [1.54, 1.807) is 24.6 Å². The second kappa shape index (κ2) is 8.01. The lowest BCUT2D eigenvalue weighted by molar-refractivity contribution is 0.0624. The number of rotatable bonds is 5. The topological polar surface area (TPSA) is 63.5 Å². The van der Waals surface area contributed by atoms with Crippen molar-refractivity contribution in [1.29, 1.82) is 0 Å². The number of carbonyl (C=O) groups is 1. The van der Waals surface area contributed by atoms with Gasteiger partial charge >= 0.3 is 0 Å². The van der Waals surface area contributed by atoms with E-state index in [1.807, 2.05) is 21.7 Å². The van der Waals surface area contributed by atoms with E-state index >= 15 is 0 Å². The number of methoxy groups -OCH3 is 1. The molecule has 3 aromatic heterocycles. The van der Waals surface area contributed by atoms with Gasteiger partial charge in [0.25, 0.3) is 5.91 Å². The quantitative estimate of drug-likeness (QED) is 0.598. The number of piperazine rings is 1. The fourth-order valence-electron chi connectivity index (χ4n) is 4.87. The number of thiophene rings is 1. The first-order valence-corrected chi connectivity index (χ1v) is 12.3. The second-order valence-electron chi connectivity index (χ2n) is 8.94. The number of hydrogen-bond donors (Lipinski definition) is 0. The molecule has 1 saturated heterocycles. The summed E-state index contributed by atoms with van der Waals surface area (Å²) >= 11 is 1.78. The number of aromatic nitrogens is 3. The van der Waals surface area contributed by atoms with Crippen LogP contribution in [-0.4, -0.2) is 70.3 Å². The molecule has 0 radical (unpaired) electrons. The van der Waals surface area contributed by atoms with E-state index in [0.717, 1.165) is 61.9 Å². The number of aryl methyl sites for hydroxylation is 1. The fraction of sp³-hybridized carbons (Fsp3) is 0.458. The van der Waals surface area contributed by atoms with Crippen LogP contribution in [0.3, 0.4) is 0 Å². The van der Waals surface area contributed by atoms with Gasteiger partial charge in [-0.15, -0.1) is 11.3 Å². The largest absolute Gasteiger partial charge is 0.481 e. The molecule has 3 aromatic rings. The molecule has 0 bridgehead atoms. The lowest BCUT2D eigenvalue weighted by Crippen LogP contribution is -2.49. The van der Waals surface area contributed by atoms with Gasteiger partial charge in [0, 0.05) is 54.8 Å². The van der Waals surface area contributed by atoms with Crippen molar-refractivity contribution in [2.75, 3.05) is 39.8 Å². The monoisotopic (exact) mass is 449 g/mol. The number of amides is 1. The molecule has 0 spiro atoms. The number of ether oxygens (including phenoxy) is 1. The molecule has 32 heavy (non-hydrogen) atoms. The summed E-state index contributed by atoms with van der Waals surface area (Å²) in [4.78, 5) is 23.8. The molecular weight excluding hydrogens is 422 g/mol. The third kappa shape index (κ3) is 3.51. The highest BCUT2D eigenvalue weighted by atomic mass is 32.1. The highest BCUT2D eigenvalue weighted by Gasteiger charge is 2.33. The van der Waals surface area contributed by atoms with Crippen LogP contribution in [0.4, 0.5) is 0 Å². The van der Waals surface area contributed by atoms with E-state index in [0.29, 0.717) is 11.6 Å². The van der Waals surface area contributed by atoms with Crippen molar-refractivity contribution in [3.05, 3.63) is 45.9 Å². The summed E-state index contributed by atoms with van der Waals surface area (Å²) in [6.07, 6.45) is 6.30. The van der Waals surface area contributed by atoms with Gasteiger partial charge in [0.15, 0.2) is 5.69 Å². The first-order valence-electron chi connectivity index (χ1n) is 11.4. The highest BCUT2D eigenvalue weighted by Crippen LogP contribution is 2.40. The molecule has 166 valence electrons. The lowest BCUT2D eigenvalue weighted by atomic mass is 9.94. The van der Waals surface area contributed by atoms with Gasteiger partial charge in [-0.1, -0.05) is 0 Å². The Kier molecular flexibility index (Phi) is 4.99. The molecule has 8 heteroatoms. The van der Waals surface area contributed by atoms with Crippen LogP contribution in [0.2, 0.25) is 0 Å². The Morgan fingerprint density at radius 3 is 2.72 bits per heavy atom. The molecule has 6 rings (SSSR count). The number of carbonyl (C=O) groups excluding carboxylic acids is 1. The standard InChI is InChI=1S/C24H27N5O2S/c1-31-21-7-4-17(14-25-21)29-23-18-8-13-32-20(18)6-5-19(23)22(26-29)24(30)28-11-9-27(10-12-28)15-16-2-3-16/h4,7-8,13-14,16H,2-3,5-6,9-12,15H2,1H3. The first-order chi connectivity index (χ1) is 15.7. The first kappa shape index (κ1) is 19.9. The Morgan fingerprint density at radius 2 is 2.00 bits per heavy atom. The normalized spacial score (nSPS) is 18.3. The molecular formula is C24H27N5O2S. The van der Waals surface area contributed by atoms with Crippen LogP contribution in [0.1, 0.15) is 33.8 Å². The third-order valence-electron chi connectivity index (χ3n) is 6.84. The summed E-state index contributed by atoms with van der Waals surface area (Å²) in [5.74, 6) is 1.51. The van der Waals surface area contributed by atoms with Gasteiger partial charge in [0.2, 0.25) is 5.88 Å². The van der Waals surface area contributed by atoms with Crippen molar-refractivity contribution in [3.8, 4) is 22.8 Å². The highest BCUT2D eigenvalue weighted by molar-refractivity contribution is 7.10. The van der Waals surface area contributed by atoms with E-state index in [-0.39, 0.29) is 5.91 Å². The van der Waals surface area contributed by atoms with Crippen LogP contribution in [-0.2, 0) is 12.8 Å². The van der Waals surface area contributed by atoms with E-state index in [1.165, 1.54) is 29.8 Å². The zero-order chi connectivity index (χ0) is 21.7. The summed E-state index contributed by atoms with van der Waals surface area (Å²) in [7, 11) is 1.61. The summed E-state index contributed by atoms with van der Waals surface area (Å²) in [6.45, 7) is 4.67. The summed E-state index contributed by atoms with van der Waals surface area (Å²) in [5.41, 5.74) is 4.73. The Hall–Kier alpha value is -2.71.